The van der Waals surface area contributed by atoms with Crippen LogP contribution in [0.5, 0.6) is 0 Å². The second kappa shape index (κ2) is 2.02. The molecule has 1 unspecified atom stereocenters. The maximum Gasteiger partial charge on any atom is 0.240 e. The molecule has 4 nitrogen and oxygen atoms in total. The summed E-state index contributed by atoms with van der Waals surface area (Å²) in [6, 6.07) is 0. The maximum absolute atomic E-state index is 11.2. The number of rotatable bonds is 0. The van der Waals surface area contributed by atoms with Crippen LogP contribution in [0.15, 0.2) is 22.3 Å². The number of fused-ring (bicyclic) bond motifs is 1. The van der Waals surface area contributed by atoms with Gasteiger partial charge in [0.25, 0.3) is 0 Å². The molecular weight excluding hydrogens is 142 g/mol. The van der Waals surface area contributed by atoms with Gasteiger partial charge in [0.15, 0.2) is 0 Å². The third-order valence-corrected chi connectivity index (χ3v) is 1.63. The smallest absolute Gasteiger partial charge is 0.240 e. The van der Waals surface area contributed by atoms with Crippen LogP contribution >= 0.6 is 0 Å². The normalized spacial score (nSPS) is 27.4. The minimum Gasteiger partial charge on any atom is -0.313 e. The minimum atomic E-state index is -0.251. The Morgan fingerprint density at radius 3 is 3.27 bits per heavy atom. The molecule has 56 valence electrons. The Morgan fingerprint density at radius 2 is 2.45 bits per heavy atom. The molecule has 0 spiro atoms. The number of nitrogens with one attached hydrogen (secondary N) is 1. The second-order valence-electron chi connectivity index (χ2n) is 2.49. The van der Waals surface area contributed by atoms with E-state index in [9.17, 15) is 4.79 Å². The van der Waals surface area contributed by atoms with E-state index >= 15 is 0 Å². The highest BCUT2D eigenvalue weighted by molar-refractivity contribution is 6.18. The Hall–Kier alpha value is -1.45. The third kappa shape index (κ3) is 0.869. The molecule has 0 saturated heterocycles. The molecule has 0 aromatic heterocycles. The zero-order chi connectivity index (χ0) is 7.84. The summed E-state index contributed by atoms with van der Waals surface area (Å²) < 4.78 is 0. The topological polar surface area (TPSA) is 53.8 Å². The van der Waals surface area contributed by atoms with E-state index in [-0.39, 0.29) is 11.8 Å². The fraction of sp³-hybridized carbons (Fsp3) is 0.286. The Labute approximate surface area is 63.7 Å². The highest BCUT2D eigenvalue weighted by Gasteiger charge is 2.28. The van der Waals surface area contributed by atoms with E-state index in [0.717, 1.165) is 0 Å². The van der Waals surface area contributed by atoms with Crippen molar-refractivity contribution in [3.05, 3.63) is 12.3 Å². The summed E-state index contributed by atoms with van der Waals surface area (Å²) in [5.41, 5.74) is 0. The fourth-order valence-electron chi connectivity index (χ4n) is 1.13. The highest BCUT2D eigenvalue weighted by Crippen LogP contribution is 2.14. The molecule has 0 radical (unpaired) electrons. The van der Waals surface area contributed by atoms with Gasteiger partial charge < -0.3 is 5.32 Å². The first-order valence-electron chi connectivity index (χ1n) is 3.38. The summed E-state index contributed by atoms with van der Waals surface area (Å²) in [6.45, 7) is 1.74. The average molecular weight is 149 g/mol. The van der Waals surface area contributed by atoms with Crippen molar-refractivity contribution in [3.63, 3.8) is 0 Å². The largest absolute Gasteiger partial charge is 0.313 e. The molecule has 11 heavy (non-hydrogen) atoms. The predicted octanol–water partition coefficient (Wildman–Crippen LogP) is 0.0766. The van der Waals surface area contributed by atoms with Crippen LogP contribution in [0.25, 0.3) is 0 Å². The Kier molecular flexibility index (Phi) is 1.15. The maximum atomic E-state index is 11.2. The number of aliphatic imine (C=N–C) groups is 2. The molecule has 2 rings (SSSR count). The molecule has 0 aliphatic carbocycles. The van der Waals surface area contributed by atoms with Gasteiger partial charge in [0, 0.05) is 6.20 Å². The van der Waals surface area contributed by atoms with E-state index in [0.29, 0.717) is 11.7 Å². The van der Waals surface area contributed by atoms with E-state index in [1.165, 1.54) is 0 Å². The van der Waals surface area contributed by atoms with Crippen LogP contribution in [0.3, 0.4) is 0 Å². The first-order valence-corrected chi connectivity index (χ1v) is 3.38. The Bertz CT molecular complexity index is 301. The van der Waals surface area contributed by atoms with Crippen molar-refractivity contribution in [1.29, 1.82) is 0 Å². The lowest BCUT2D eigenvalue weighted by Crippen LogP contribution is -2.40. The van der Waals surface area contributed by atoms with Gasteiger partial charge in [-0.1, -0.05) is 0 Å². The van der Waals surface area contributed by atoms with Crippen molar-refractivity contribution in [2.24, 2.45) is 15.9 Å². The SMILES string of the molecule is CC1=NC2=NC=CC2C(=O)N1. The van der Waals surface area contributed by atoms with Crippen LogP contribution in [-0.4, -0.2) is 17.6 Å². The van der Waals surface area contributed by atoms with Gasteiger partial charge in [0.2, 0.25) is 5.91 Å². The van der Waals surface area contributed by atoms with Gasteiger partial charge in [-0.3, -0.25) is 4.79 Å². The number of hydrogen-bond acceptors (Lipinski definition) is 3. The van der Waals surface area contributed by atoms with Crippen molar-refractivity contribution in [1.82, 2.24) is 5.32 Å². The standard InChI is InChI=1S/C7H7N3O/c1-4-9-6-5(2-3-8-6)7(11)10-4/h2-3,5H,1H3,(H,8,9,10,11). The lowest BCUT2D eigenvalue weighted by Gasteiger charge is -2.15. The molecule has 2 aliphatic heterocycles. The summed E-state index contributed by atoms with van der Waals surface area (Å²) in [4.78, 5) is 19.2. The summed E-state index contributed by atoms with van der Waals surface area (Å²) in [6.07, 6.45) is 3.35. The summed E-state index contributed by atoms with van der Waals surface area (Å²) >= 11 is 0. The first kappa shape index (κ1) is 6.27. The monoisotopic (exact) mass is 149 g/mol. The van der Waals surface area contributed by atoms with Gasteiger partial charge in [-0.15, -0.1) is 0 Å². The quantitative estimate of drug-likeness (QED) is 0.521. The molecular formula is C7H7N3O. The molecule has 0 aromatic carbocycles. The van der Waals surface area contributed by atoms with Crippen molar-refractivity contribution in [2.75, 3.05) is 0 Å². The van der Waals surface area contributed by atoms with Gasteiger partial charge in [-0.05, 0) is 13.0 Å². The van der Waals surface area contributed by atoms with E-state index < -0.39 is 0 Å². The molecule has 1 amide bonds. The van der Waals surface area contributed by atoms with Crippen molar-refractivity contribution in [2.45, 2.75) is 6.92 Å². The van der Waals surface area contributed by atoms with Crippen molar-refractivity contribution < 1.29 is 4.79 Å². The number of carbonyl (C=O) groups excluding carboxylic acids is 1. The van der Waals surface area contributed by atoms with E-state index in [1.807, 2.05) is 0 Å². The molecule has 0 aromatic rings. The summed E-state index contributed by atoms with van der Waals surface area (Å²) in [7, 11) is 0. The molecule has 4 heteroatoms. The molecule has 2 aliphatic rings. The summed E-state index contributed by atoms with van der Waals surface area (Å²) in [5.74, 6) is 0.934. The fourth-order valence-corrected chi connectivity index (χ4v) is 1.13. The van der Waals surface area contributed by atoms with Crippen LogP contribution in [0.4, 0.5) is 0 Å². The molecule has 0 fully saturated rings. The minimum absolute atomic E-state index is 0.0370. The van der Waals surface area contributed by atoms with Crippen LogP contribution in [0.1, 0.15) is 6.92 Å². The zero-order valence-corrected chi connectivity index (χ0v) is 6.03. The molecule has 0 saturated carbocycles. The van der Waals surface area contributed by atoms with E-state index in [2.05, 4.69) is 15.3 Å². The van der Waals surface area contributed by atoms with E-state index in [1.54, 1.807) is 19.2 Å². The number of nitrogens with zero attached hydrogens (tertiary/aromatic N) is 2. The van der Waals surface area contributed by atoms with Crippen LogP contribution < -0.4 is 5.32 Å². The van der Waals surface area contributed by atoms with Crippen molar-refractivity contribution in [3.8, 4) is 0 Å². The predicted molar refractivity (Wildman–Crippen MR) is 41.3 cm³/mol. The van der Waals surface area contributed by atoms with Gasteiger partial charge in [-0.2, -0.15) is 0 Å². The van der Waals surface area contributed by atoms with Gasteiger partial charge >= 0.3 is 0 Å². The lowest BCUT2D eigenvalue weighted by molar-refractivity contribution is -0.120. The highest BCUT2D eigenvalue weighted by atomic mass is 16.2. The molecule has 1 atom stereocenters. The van der Waals surface area contributed by atoms with Gasteiger partial charge in [-0.25, -0.2) is 9.98 Å². The van der Waals surface area contributed by atoms with Crippen LogP contribution in [-0.2, 0) is 4.79 Å². The molecule has 1 N–H and O–H groups in total. The van der Waals surface area contributed by atoms with Gasteiger partial charge in [0.05, 0.1) is 0 Å². The number of hydrogen-bond donors (Lipinski definition) is 1. The number of amides is 1. The Morgan fingerprint density at radius 1 is 1.64 bits per heavy atom. The lowest BCUT2D eigenvalue weighted by atomic mass is 10.1. The van der Waals surface area contributed by atoms with Crippen LogP contribution in [0.2, 0.25) is 0 Å². The second-order valence-corrected chi connectivity index (χ2v) is 2.49. The summed E-state index contributed by atoms with van der Waals surface area (Å²) in [5, 5.41) is 2.63. The molecule has 2 heterocycles. The third-order valence-electron chi connectivity index (χ3n) is 1.63. The first-order chi connectivity index (χ1) is 5.27. The molecule has 0 bridgehead atoms. The zero-order valence-electron chi connectivity index (χ0n) is 6.03. The average Bonchev–Trinajstić information content (AvgIpc) is 2.34. The Balaban J connectivity index is 2.42. The van der Waals surface area contributed by atoms with Crippen molar-refractivity contribution >= 4 is 17.6 Å². The van der Waals surface area contributed by atoms with Gasteiger partial charge in [0.1, 0.15) is 17.6 Å². The number of carbonyl (C=O) groups is 1. The van der Waals surface area contributed by atoms with Crippen LogP contribution in [0, 0.1) is 5.92 Å². The van der Waals surface area contributed by atoms with E-state index in [4.69, 9.17) is 0 Å². The number of amidine groups is 2.